The highest BCUT2D eigenvalue weighted by atomic mass is 28.4. The number of aliphatic hydroxyl groups excluding tert-OH is 3. The molecule has 0 saturated carbocycles. The van der Waals surface area contributed by atoms with E-state index in [1.165, 1.54) is 0 Å². The van der Waals surface area contributed by atoms with E-state index < -0.39 is 14.4 Å². The topological polar surface area (TPSA) is 79.2 Å². The first kappa shape index (κ1) is 17.0. The van der Waals surface area contributed by atoms with Crippen molar-refractivity contribution in [2.24, 2.45) is 0 Å². The summed E-state index contributed by atoms with van der Waals surface area (Å²) in [7, 11) is 0.0544. The lowest BCUT2D eigenvalue weighted by atomic mass is 10.4. The van der Waals surface area contributed by atoms with Gasteiger partial charge < -0.3 is 24.5 Å². The zero-order valence-electron chi connectivity index (χ0n) is 10.9. The molecule has 104 valence electrons. The lowest BCUT2D eigenvalue weighted by Gasteiger charge is -2.25. The standard InChI is InChI=1S/C11H26O5Si/c1-15-17(2,7-3-5-12)8-4-6-16-10-11(14)9-13/h11-14H,3-10H2,1-2H3. The summed E-state index contributed by atoms with van der Waals surface area (Å²) in [6.07, 6.45) is 0.899. The van der Waals surface area contributed by atoms with Crippen molar-refractivity contribution in [1.29, 1.82) is 0 Å². The van der Waals surface area contributed by atoms with E-state index in [-0.39, 0.29) is 19.8 Å². The third-order valence-electron chi connectivity index (χ3n) is 2.87. The van der Waals surface area contributed by atoms with Gasteiger partial charge in [-0.25, -0.2) is 0 Å². The second-order valence-corrected chi connectivity index (χ2v) is 8.80. The van der Waals surface area contributed by atoms with Gasteiger partial charge in [-0.15, -0.1) is 0 Å². The minimum Gasteiger partial charge on any atom is -0.420 e. The highest BCUT2D eigenvalue weighted by Gasteiger charge is 2.26. The van der Waals surface area contributed by atoms with Crippen molar-refractivity contribution in [3.05, 3.63) is 0 Å². The number of ether oxygens (including phenoxy) is 1. The van der Waals surface area contributed by atoms with Crippen LogP contribution in [0, 0.1) is 0 Å². The first-order chi connectivity index (χ1) is 8.08. The van der Waals surface area contributed by atoms with Gasteiger partial charge in [-0.2, -0.15) is 0 Å². The summed E-state index contributed by atoms with van der Waals surface area (Å²) in [5, 5.41) is 26.5. The lowest BCUT2D eigenvalue weighted by Crippen LogP contribution is -2.33. The summed E-state index contributed by atoms with van der Waals surface area (Å²) in [5.74, 6) is 0. The van der Waals surface area contributed by atoms with Crippen LogP contribution >= 0.6 is 0 Å². The maximum atomic E-state index is 9.06. The Morgan fingerprint density at radius 1 is 1.18 bits per heavy atom. The molecule has 5 nitrogen and oxygen atoms in total. The predicted octanol–water partition coefficient (Wildman–Crippen LogP) is 0.350. The van der Waals surface area contributed by atoms with Crippen molar-refractivity contribution < 1.29 is 24.5 Å². The van der Waals surface area contributed by atoms with Crippen molar-refractivity contribution in [1.82, 2.24) is 0 Å². The van der Waals surface area contributed by atoms with Crippen molar-refractivity contribution in [2.75, 3.05) is 33.5 Å². The van der Waals surface area contributed by atoms with Crippen LogP contribution in [-0.4, -0.2) is 63.3 Å². The SMILES string of the molecule is CO[Si](C)(CCCO)CCCOCC(O)CO. The Kier molecular flexibility index (Phi) is 10.00. The number of aliphatic hydroxyl groups is 3. The zero-order chi connectivity index (χ0) is 13.1. The highest BCUT2D eigenvalue weighted by Crippen LogP contribution is 2.20. The van der Waals surface area contributed by atoms with Gasteiger partial charge in [0.25, 0.3) is 0 Å². The van der Waals surface area contributed by atoms with Gasteiger partial charge in [-0.05, 0) is 31.5 Å². The van der Waals surface area contributed by atoms with Crippen LogP contribution in [0.1, 0.15) is 12.8 Å². The molecule has 2 unspecified atom stereocenters. The molecule has 0 saturated heterocycles. The Labute approximate surface area is 105 Å². The molecule has 0 heterocycles. The van der Waals surface area contributed by atoms with Crippen LogP contribution in [0.2, 0.25) is 18.6 Å². The number of hydrogen-bond donors (Lipinski definition) is 3. The lowest BCUT2D eigenvalue weighted by molar-refractivity contribution is 0.00634. The van der Waals surface area contributed by atoms with E-state index in [1.54, 1.807) is 7.11 Å². The molecule has 0 rings (SSSR count). The van der Waals surface area contributed by atoms with Crippen LogP contribution in [0.3, 0.4) is 0 Å². The summed E-state index contributed by atoms with van der Waals surface area (Å²) in [5.41, 5.74) is 0. The molecular formula is C11H26O5Si. The van der Waals surface area contributed by atoms with Crippen molar-refractivity contribution in [3.8, 4) is 0 Å². The van der Waals surface area contributed by atoms with Crippen LogP contribution in [0.4, 0.5) is 0 Å². The fraction of sp³-hybridized carbons (Fsp3) is 1.00. The zero-order valence-corrected chi connectivity index (χ0v) is 11.9. The maximum Gasteiger partial charge on any atom is 0.189 e. The average molecular weight is 266 g/mol. The van der Waals surface area contributed by atoms with Crippen LogP contribution in [0.25, 0.3) is 0 Å². The average Bonchev–Trinajstić information content (AvgIpc) is 2.35. The second-order valence-electron chi connectivity index (χ2n) is 4.50. The van der Waals surface area contributed by atoms with Gasteiger partial charge in [-0.1, -0.05) is 0 Å². The van der Waals surface area contributed by atoms with E-state index in [4.69, 9.17) is 24.5 Å². The molecule has 0 aliphatic heterocycles. The monoisotopic (exact) mass is 266 g/mol. The molecular weight excluding hydrogens is 240 g/mol. The summed E-state index contributed by atoms with van der Waals surface area (Å²) in [4.78, 5) is 0. The van der Waals surface area contributed by atoms with Crippen LogP contribution in [0.15, 0.2) is 0 Å². The largest absolute Gasteiger partial charge is 0.420 e. The van der Waals surface area contributed by atoms with Crippen molar-refractivity contribution >= 4 is 8.32 Å². The van der Waals surface area contributed by atoms with Crippen molar-refractivity contribution in [2.45, 2.75) is 37.6 Å². The Morgan fingerprint density at radius 3 is 2.35 bits per heavy atom. The fourth-order valence-electron chi connectivity index (χ4n) is 1.60. The molecule has 3 N–H and O–H groups in total. The Balaban J connectivity index is 3.62. The molecule has 0 radical (unpaired) electrons. The smallest absolute Gasteiger partial charge is 0.189 e. The molecule has 0 aromatic heterocycles. The molecule has 6 heteroatoms. The van der Waals surface area contributed by atoms with Gasteiger partial charge in [0.2, 0.25) is 0 Å². The maximum absolute atomic E-state index is 9.06. The quantitative estimate of drug-likeness (QED) is 0.371. The van der Waals surface area contributed by atoms with Gasteiger partial charge >= 0.3 is 0 Å². The van der Waals surface area contributed by atoms with Gasteiger partial charge in [0.05, 0.1) is 13.2 Å². The van der Waals surface area contributed by atoms with Gasteiger partial charge in [0.1, 0.15) is 6.10 Å². The fourth-order valence-corrected chi connectivity index (χ4v) is 4.06. The summed E-state index contributed by atoms with van der Waals surface area (Å²) in [6.45, 7) is 2.86. The van der Waals surface area contributed by atoms with E-state index >= 15 is 0 Å². The summed E-state index contributed by atoms with van der Waals surface area (Å²) < 4.78 is 10.8. The van der Waals surface area contributed by atoms with E-state index in [0.717, 1.165) is 24.9 Å². The van der Waals surface area contributed by atoms with E-state index in [9.17, 15) is 0 Å². The molecule has 0 aromatic carbocycles. The number of rotatable bonds is 11. The first-order valence-corrected chi connectivity index (χ1v) is 8.93. The third-order valence-corrected chi connectivity index (χ3v) is 6.68. The van der Waals surface area contributed by atoms with E-state index in [2.05, 4.69) is 6.55 Å². The minimum atomic E-state index is -1.68. The van der Waals surface area contributed by atoms with Gasteiger partial charge in [-0.3, -0.25) is 0 Å². The molecule has 0 bridgehead atoms. The second kappa shape index (κ2) is 9.99. The Hall–Kier alpha value is 0.0169. The van der Waals surface area contributed by atoms with E-state index in [1.807, 2.05) is 0 Å². The van der Waals surface area contributed by atoms with Gasteiger partial charge in [0, 0.05) is 20.3 Å². The Morgan fingerprint density at radius 2 is 1.82 bits per heavy atom. The first-order valence-electron chi connectivity index (χ1n) is 6.10. The normalized spacial score (nSPS) is 16.8. The highest BCUT2D eigenvalue weighted by molar-refractivity contribution is 6.72. The molecule has 0 fully saturated rings. The van der Waals surface area contributed by atoms with Crippen LogP contribution < -0.4 is 0 Å². The minimum absolute atomic E-state index is 0.179. The molecule has 0 aliphatic rings. The third kappa shape index (κ3) is 8.70. The van der Waals surface area contributed by atoms with Crippen LogP contribution in [0.5, 0.6) is 0 Å². The van der Waals surface area contributed by atoms with Gasteiger partial charge in [0.15, 0.2) is 8.32 Å². The molecule has 0 aromatic rings. The molecule has 2 atom stereocenters. The summed E-state index contributed by atoms with van der Waals surface area (Å²) >= 11 is 0. The molecule has 0 aliphatic carbocycles. The summed E-state index contributed by atoms with van der Waals surface area (Å²) in [6, 6.07) is 1.94. The molecule has 0 amide bonds. The predicted molar refractivity (Wildman–Crippen MR) is 68.5 cm³/mol. The Bertz CT molecular complexity index is 181. The van der Waals surface area contributed by atoms with Crippen LogP contribution in [-0.2, 0) is 9.16 Å². The molecule has 17 heavy (non-hydrogen) atoms. The number of hydrogen-bond acceptors (Lipinski definition) is 5. The van der Waals surface area contributed by atoms with Crippen molar-refractivity contribution in [3.63, 3.8) is 0 Å². The molecule has 0 spiro atoms. The van der Waals surface area contributed by atoms with E-state index in [0.29, 0.717) is 6.61 Å².